The second kappa shape index (κ2) is 10.8. The van der Waals surface area contributed by atoms with Gasteiger partial charge in [-0.15, -0.1) is 0 Å². The Morgan fingerprint density at radius 1 is 0.968 bits per heavy atom. The van der Waals surface area contributed by atoms with Gasteiger partial charge in [0.2, 0.25) is 0 Å². The Kier molecular flexibility index (Phi) is 7.57. The molecule has 4 rings (SSSR count). The van der Waals surface area contributed by atoms with E-state index in [1.807, 2.05) is 36.4 Å². The Bertz CT molecular complexity index is 1010. The molecule has 1 saturated heterocycles. The maximum Gasteiger partial charge on any atom is 0.0731 e. The average molecular weight is 435 g/mol. The summed E-state index contributed by atoms with van der Waals surface area (Å²) in [5, 5.41) is 5.45. The molecule has 5 heteroatoms. The third-order valence-corrected chi connectivity index (χ3v) is 6.08. The van der Waals surface area contributed by atoms with Gasteiger partial charge in [0.15, 0.2) is 0 Å². The number of anilines is 1. The van der Waals surface area contributed by atoms with Crippen molar-refractivity contribution < 1.29 is 0 Å². The number of piperazine rings is 1. The van der Waals surface area contributed by atoms with Gasteiger partial charge in [-0.2, -0.15) is 0 Å². The summed E-state index contributed by atoms with van der Waals surface area (Å²) in [6.45, 7) is 6.87. The van der Waals surface area contributed by atoms with E-state index < -0.39 is 0 Å². The van der Waals surface area contributed by atoms with Crippen molar-refractivity contribution in [3.05, 3.63) is 70.9 Å². The van der Waals surface area contributed by atoms with Crippen LogP contribution in [0.4, 0.5) is 5.69 Å². The summed E-state index contributed by atoms with van der Waals surface area (Å²) < 4.78 is 0. The van der Waals surface area contributed by atoms with Crippen LogP contribution in [0.25, 0.3) is 23.1 Å². The number of pyridine rings is 1. The Balaban J connectivity index is 1.40. The number of benzene rings is 2. The molecule has 2 aromatic carbocycles. The minimum absolute atomic E-state index is 0.736. The number of unbranched alkanes of at least 4 members (excludes halogenated alkanes) is 1. The average Bonchev–Trinajstić information content (AvgIpc) is 2.79. The SMILES string of the molecule is CN1CCN(CCCCNc2cc(/C=C/c3ccccc3)nc3ccc(Cl)cc23)CC1. The first-order valence-electron chi connectivity index (χ1n) is 11.2. The van der Waals surface area contributed by atoms with Gasteiger partial charge < -0.3 is 15.1 Å². The molecule has 2 heterocycles. The van der Waals surface area contributed by atoms with Crippen molar-refractivity contribution in [2.24, 2.45) is 0 Å². The summed E-state index contributed by atoms with van der Waals surface area (Å²) in [6, 6.07) is 18.3. The highest BCUT2D eigenvalue weighted by Crippen LogP contribution is 2.27. The molecule has 0 unspecified atom stereocenters. The highest BCUT2D eigenvalue weighted by Gasteiger charge is 2.12. The molecule has 0 radical (unpaired) electrons. The topological polar surface area (TPSA) is 31.4 Å². The normalized spacial score (nSPS) is 15.7. The fraction of sp³-hybridized carbons (Fsp3) is 0.346. The minimum Gasteiger partial charge on any atom is -0.384 e. The molecule has 0 saturated carbocycles. The number of halogens is 1. The second-order valence-electron chi connectivity index (χ2n) is 8.28. The third kappa shape index (κ3) is 6.30. The van der Waals surface area contributed by atoms with E-state index >= 15 is 0 Å². The van der Waals surface area contributed by atoms with E-state index in [0.717, 1.165) is 40.3 Å². The molecule has 0 spiro atoms. The van der Waals surface area contributed by atoms with E-state index in [9.17, 15) is 0 Å². The lowest BCUT2D eigenvalue weighted by atomic mass is 10.1. The number of hydrogen-bond donors (Lipinski definition) is 1. The molecule has 0 aliphatic carbocycles. The molecule has 0 atom stereocenters. The molecule has 1 aliphatic rings. The maximum atomic E-state index is 6.27. The van der Waals surface area contributed by atoms with Crippen molar-refractivity contribution in [1.82, 2.24) is 14.8 Å². The Morgan fingerprint density at radius 3 is 2.58 bits per heavy atom. The summed E-state index contributed by atoms with van der Waals surface area (Å²) in [5.74, 6) is 0. The lowest BCUT2D eigenvalue weighted by Crippen LogP contribution is -2.44. The van der Waals surface area contributed by atoms with E-state index in [0.29, 0.717) is 0 Å². The fourth-order valence-corrected chi connectivity index (χ4v) is 4.12. The lowest BCUT2D eigenvalue weighted by Gasteiger charge is -2.32. The van der Waals surface area contributed by atoms with Crippen LogP contribution in [0, 0.1) is 0 Å². The van der Waals surface area contributed by atoms with Gasteiger partial charge in [-0.25, -0.2) is 4.98 Å². The van der Waals surface area contributed by atoms with Crippen molar-refractivity contribution in [1.29, 1.82) is 0 Å². The molecule has 31 heavy (non-hydrogen) atoms. The van der Waals surface area contributed by atoms with Gasteiger partial charge >= 0.3 is 0 Å². The lowest BCUT2D eigenvalue weighted by molar-refractivity contribution is 0.152. The Morgan fingerprint density at radius 2 is 1.77 bits per heavy atom. The molecular formula is C26H31ClN4. The standard InChI is InChI=1S/C26H31ClN4/c1-30-15-17-31(18-16-30)14-6-5-13-28-26-20-23(11-9-21-7-3-2-4-8-21)29-25-12-10-22(27)19-24(25)26/h2-4,7-12,19-20H,5-6,13-18H2,1H3,(H,28,29)/b11-9+. The van der Waals surface area contributed by atoms with Gasteiger partial charge in [0.25, 0.3) is 0 Å². The summed E-state index contributed by atoms with van der Waals surface area (Å²) in [7, 11) is 2.20. The number of nitrogens with one attached hydrogen (secondary N) is 1. The number of hydrogen-bond acceptors (Lipinski definition) is 4. The largest absolute Gasteiger partial charge is 0.384 e. The van der Waals surface area contributed by atoms with Gasteiger partial charge in [0, 0.05) is 48.8 Å². The van der Waals surface area contributed by atoms with Gasteiger partial charge in [0.1, 0.15) is 0 Å². The van der Waals surface area contributed by atoms with Crippen LogP contribution in [0.2, 0.25) is 5.02 Å². The molecule has 1 aromatic heterocycles. The first-order chi connectivity index (χ1) is 15.2. The number of aromatic nitrogens is 1. The van der Waals surface area contributed by atoms with Crippen LogP contribution in [-0.2, 0) is 0 Å². The van der Waals surface area contributed by atoms with Crippen molar-refractivity contribution in [3.8, 4) is 0 Å². The van der Waals surface area contributed by atoms with Gasteiger partial charge in [0.05, 0.1) is 11.2 Å². The molecule has 4 nitrogen and oxygen atoms in total. The zero-order chi connectivity index (χ0) is 21.5. The van der Waals surface area contributed by atoms with E-state index in [2.05, 4.69) is 52.5 Å². The summed E-state index contributed by atoms with van der Waals surface area (Å²) >= 11 is 6.27. The highest BCUT2D eigenvalue weighted by atomic mass is 35.5. The summed E-state index contributed by atoms with van der Waals surface area (Å²) in [5.41, 5.74) is 4.16. The first-order valence-corrected chi connectivity index (χ1v) is 11.5. The van der Waals surface area contributed by atoms with Crippen molar-refractivity contribution >= 4 is 40.3 Å². The quantitative estimate of drug-likeness (QED) is 0.474. The van der Waals surface area contributed by atoms with E-state index in [1.165, 1.54) is 44.7 Å². The van der Waals surface area contributed by atoms with Crippen LogP contribution in [0.1, 0.15) is 24.1 Å². The van der Waals surface area contributed by atoms with E-state index in [1.54, 1.807) is 0 Å². The molecule has 1 fully saturated rings. The van der Waals surface area contributed by atoms with Crippen molar-refractivity contribution in [2.75, 3.05) is 51.6 Å². The summed E-state index contributed by atoms with van der Waals surface area (Å²) in [4.78, 5) is 9.79. The molecule has 1 N–H and O–H groups in total. The fourth-order valence-electron chi connectivity index (χ4n) is 3.95. The molecule has 0 amide bonds. The maximum absolute atomic E-state index is 6.27. The number of rotatable bonds is 8. The molecule has 162 valence electrons. The zero-order valence-electron chi connectivity index (χ0n) is 18.2. The highest BCUT2D eigenvalue weighted by molar-refractivity contribution is 6.31. The van der Waals surface area contributed by atoms with Crippen LogP contribution < -0.4 is 5.32 Å². The number of likely N-dealkylation sites (N-methyl/N-ethyl adjacent to an activating group) is 1. The van der Waals surface area contributed by atoms with Crippen LogP contribution in [-0.4, -0.2) is 61.1 Å². The smallest absolute Gasteiger partial charge is 0.0731 e. The van der Waals surface area contributed by atoms with E-state index in [-0.39, 0.29) is 0 Å². The minimum atomic E-state index is 0.736. The van der Waals surface area contributed by atoms with Crippen molar-refractivity contribution in [2.45, 2.75) is 12.8 Å². The third-order valence-electron chi connectivity index (χ3n) is 5.85. The molecule has 0 bridgehead atoms. The number of fused-ring (bicyclic) bond motifs is 1. The Labute approximate surface area is 190 Å². The second-order valence-corrected chi connectivity index (χ2v) is 8.72. The van der Waals surface area contributed by atoms with Gasteiger partial charge in [-0.05, 0) is 62.3 Å². The van der Waals surface area contributed by atoms with Crippen LogP contribution in [0.15, 0.2) is 54.6 Å². The van der Waals surface area contributed by atoms with Crippen LogP contribution >= 0.6 is 11.6 Å². The van der Waals surface area contributed by atoms with Crippen molar-refractivity contribution in [3.63, 3.8) is 0 Å². The van der Waals surface area contributed by atoms with Crippen LogP contribution in [0.5, 0.6) is 0 Å². The zero-order valence-corrected chi connectivity index (χ0v) is 19.0. The van der Waals surface area contributed by atoms with Crippen LogP contribution in [0.3, 0.4) is 0 Å². The molecular weight excluding hydrogens is 404 g/mol. The summed E-state index contributed by atoms with van der Waals surface area (Å²) in [6.07, 6.45) is 6.53. The predicted octanol–water partition coefficient (Wildman–Crippen LogP) is 5.50. The Hall–Kier alpha value is -2.40. The molecule has 3 aromatic rings. The van der Waals surface area contributed by atoms with E-state index in [4.69, 9.17) is 16.6 Å². The van der Waals surface area contributed by atoms with Gasteiger partial charge in [-0.1, -0.05) is 48.0 Å². The number of nitrogens with zero attached hydrogens (tertiary/aromatic N) is 3. The first kappa shape index (κ1) is 21.8. The predicted molar refractivity (Wildman–Crippen MR) is 134 cm³/mol. The molecule has 1 aliphatic heterocycles. The monoisotopic (exact) mass is 434 g/mol. The van der Waals surface area contributed by atoms with Gasteiger partial charge in [-0.3, -0.25) is 0 Å².